The van der Waals surface area contributed by atoms with Gasteiger partial charge in [0.25, 0.3) is 17.7 Å². The number of esters is 1. The van der Waals surface area contributed by atoms with Crippen molar-refractivity contribution in [3.05, 3.63) is 70.4 Å². The normalized spacial score (nSPS) is 12.6. The summed E-state index contributed by atoms with van der Waals surface area (Å²) in [4.78, 5) is 52.5. The van der Waals surface area contributed by atoms with Crippen LogP contribution in [0, 0.1) is 0 Å². The molecule has 7 nitrogen and oxygen atoms in total. The summed E-state index contributed by atoms with van der Waals surface area (Å²) in [5.41, 5.74) is 0.657. The number of carbonyl (C=O) groups excluding carboxylic acids is 4. The number of benzene rings is 1. The zero-order chi connectivity index (χ0) is 20.8. The first-order valence-corrected chi connectivity index (χ1v) is 9.91. The molecular weight excluding hydrogens is 392 g/mol. The molecule has 0 atom stereocenters. The lowest BCUT2D eigenvalue weighted by atomic mass is 10.1. The lowest BCUT2D eigenvalue weighted by molar-refractivity contribution is -0.152. The van der Waals surface area contributed by atoms with E-state index in [9.17, 15) is 19.2 Å². The number of ether oxygens (including phenoxy) is 1. The lowest BCUT2D eigenvalue weighted by Gasteiger charge is -2.20. The maximum atomic E-state index is 12.4. The Bertz CT molecular complexity index is 903. The van der Waals surface area contributed by atoms with Gasteiger partial charge in [-0.05, 0) is 23.6 Å². The van der Waals surface area contributed by atoms with Crippen molar-refractivity contribution < 1.29 is 23.9 Å². The fraction of sp³-hybridized carbons (Fsp3) is 0.238. The van der Waals surface area contributed by atoms with E-state index >= 15 is 0 Å². The molecule has 0 fully saturated rings. The van der Waals surface area contributed by atoms with Gasteiger partial charge in [0.2, 0.25) is 0 Å². The summed E-state index contributed by atoms with van der Waals surface area (Å²) in [6, 6.07) is 10.3. The number of nitrogens with zero attached hydrogens (tertiary/aromatic N) is 2. The number of thiophene rings is 1. The van der Waals surface area contributed by atoms with Gasteiger partial charge in [-0.3, -0.25) is 24.1 Å². The summed E-state index contributed by atoms with van der Waals surface area (Å²) in [5, 5.41) is 1.92. The molecule has 8 heteroatoms. The molecule has 1 aliphatic heterocycles. The summed E-state index contributed by atoms with van der Waals surface area (Å²) in [6.07, 6.45) is 1.43. The van der Waals surface area contributed by atoms with Gasteiger partial charge in [-0.15, -0.1) is 17.9 Å². The monoisotopic (exact) mass is 412 g/mol. The molecule has 2 heterocycles. The molecule has 1 aliphatic rings. The number of hydrogen-bond acceptors (Lipinski definition) is 6. The molecule has 0 saturated heterocycles. The number of carbonyl (C=O) groups is 4. The number of rotatable bonds is 9. The van der Waals surface area contributed by atoms with E-state index < -0.39 is 24.4 Å². The van der Waals surface area contributed by atoms with Crippen molar-refractivity contribution in [2.45, 2.75) is 13.0 Å². The highest BCUT2D eigenvalue weighted by Crippen LogP contribution is 2.22. The van der Waals surface area contributed by atoms with Crippen molar-refractivity contribution in [2.24, 2.45) is 0 Å². The van der Waals surface area contributed by atoms with Crippen LogP contribution in [-0.2, 0) is 20.9 Å². The molecule has 1 aromatic carbocycles. The van der Waals surface area contributed by atoms with Crippen molar-refractivity contribution in [3.63, 3.8) is 0 Å². The molecule has 150 valence electrons. The minimum Gasteiger partial charge on any atom is -0.456 e. The van der Waals surface area contributed by atoms with Crippen LogP contribution in [0.25, 0.3) is 0 Å². The number of amides is 3. The number of fused-ring (bicyclic) bond motifs is 1. The van der Waals surface area contributed by atoms with Crippen molar-refractivity contribution in [1.82, 2.24) is 9.80 Å². The number of imide groups is 1. The Hall–Kier alpha value is -3.26. The topological polar surface area (TPSA) is 84.0 Å². The molecular formula is C21H20N2O5S. The minimum absolute atomic E-state index is 0.0923. The lowest BCUT2D eigenvalue weighted by Crippen LogP contribution is -2.35. The zero-order valence-electron chi connectivity index (χ0n) is 15.7. The maximum absolute atomic E-state index is 12.4. The Balaban J connectivity index is 1.48. The van der Waals surface area contributed by atoms with E-state index in [1.165, 1.54) is 16.2 Å². The van der Waals surface area contributed by atoms with E-state index in [-0.39, 0.29) is 18.9 Å². The van der Waals surface area contributed by atoms with Gasteiger partial charge in [0.05, 0.1) is 24.1 Å². The zero-order valence-corrected chi connectivity index (χ0v) is 16.5. The Morgan fingerprint density at radius 1 is 1.10 bits per heavy atom. The standard InChI is InChI=1S/C21H20N2O5S/c1-2-10-22(13-15-6-5-12-29-15)18(24)14-28-19(25)9-11-23-20(26)16-7-3-4-8-17(16)21(23)27/h2-8,12H,1,9-11,13-14H2. The highest BCUT2D eigenvalue weighted by atomic mass is 32.1. The summed E-state index contributed by atoms with van der Waals surface area (Å²) >= 11 is 1.53. The third kappa shape index (κ3) is 4.78. The minimum atomic E-state index is -0.649. The van der Waals surface area contributed by atoms with Gasteiger partial charge in [-0.2, -0.15) is 0 Å². The first kappa shape index (κ1) is 20.5. The first-order valence-electron chi connectivity index (χ1n) is 9.03. The Morgan fingerprint density at radius 3 is 2.38 bits per heavy atom. The third-order valence-electron chi connectivity index (χ3n) is 4.40. The molecule has 0 spiro atoms. The molecule has 29 heavy (non-hydrogen) atoms. The van der Waals surface area contributed by atoms with Gasteiger partial charge < -0.3 is 9.64 Å². The molecule has 0 aliphatic carbocycles. The van der Waals surface area contributed by atoms with Crippen molar-refractivity contribution in [2.75, 3.05) is 19.7 Å². The average Bonchev–Trinajstić information content (AvgIpc) is 3.32. The van der Waals surface area contributed by atoms with Crippen LogP contribution in [0.5, 0.6) is 0 Å². The molecule has 0 bridgehead atoms. The van der Waals surface area contributed by atoms with E-state index in [0.717, 1.165) is 9.78 Å². The quantitative estimate of drug-likeness (QED) is 0.359. The van der Waals surface area contributed by atoms with E-state index in [0.29, 0.717) is 24.2 Å². The van der Waals surface area contributed by atoms with Crippen LogP contribution in [-0.4, -0.2) is 53.2 Å². The van der Waals surface area contributed by atoms with Gasteiger partial charge in [0.1, 0.15) is 0 Å². The molecule has 0 unspecified atom stereocenters. The van der Waals surface area contributed by atoms with Crippen LogP contribution in [0.1, 0.15) is 32.0 Å². The van der Waals surface area contributed by atoms with Crippen molar-refractivity contribution in [3.8, 4) is 0 Å². The van der Waals surface area contributed by atoms with E-state index in [1.54, 1.807) is 30.3 Å². The van der Waals surface area contributed by atoms with Crippen LogP contribution in [0.3, 0.4) is 0 Å². The van der Waals surface area contributed by atoms with E-state index in [1.807, 2.05) is 17.5 Å². The van der Waals surface area contributed by atoms with Gasteiger partial charge in [-0.1, -0.05) is 24.3 Å². The number of hydrogen-bond donors (Lipinski definition) is 0. The summed E-state index contributed by atoms with van der Waals surface area (Å²) < 4.78 is 5.05. The molecule has 1 aromatic heterocycles. The van der Waals surface area contributed by atoms with Crippen LogP contribution < -0.4 is 0 Å². The second-order valence-electron chi connectivity index (χ2n) is 6.36. The highest BCUT2D eigenvalue weighted by Gasteiger charge is 2.35. The predicted octanol–water partition coefficient (Wildman–Crippen LogP) is 2.49. The van der Waals surface area contributed by atoms with Gasteiger partial charge in [0.15, 0.2) is 6.61 Å². The van der Waals surface area contributed by atoms with E-state index in [4.69, 9.17) is 4.74 Å². The first-order chi connectivity index (χ1) is 14.0. The highest BCUT2D eigenvalue weighted by molar-refractivity contribution is 7.09. The summed E-state index contributed by atoms with van der Waals surface area (Å²) in [7, 11) is 0. The molecule has 0 radical (unpaired) electrons. The largest absolute Gasteiger partial charge is 0.456 e. The molecule has 0 N–H and O–H groups in total. The van der Waals surface area contributed by atoms with Crippen LogP contribution in [0.4, 0.5) is 0 Å². The Labute approximate surface area is 172 Å². The third-order valence-corrected chi connectivity index (χ3v) is 5.26. The average molecular weight is 412 g/mol. The predicted molar refractivity (Wildman–Crippen MR) is 107 cm³/mol. The SMILES string of the molecule is C=CCN(Cc1cccs1)C(=O)COC(=O)CCN1C(=O)c2ccccc2C1=O. The second-order valence-corrected chi connectivity index (χ2v) is 7.39. The summed E-state index contributed by atoms with van der Waals surface area (Å²) in [6.45, 7) is 3.90. The molecule has 0 saturated carbocycles. The van der Waals surface area contributed by atoms with Gasteiger partial charge >= 0.3 is 5.97 Å². The van der Waals surface area contributed by atoms with Crippen molar-refractivity contribution >= 4 is 35.0 Å². The smallest absolute Gasteiger partial charge is 0.308 e. The van der Waals surface area contributed by atoms with Gasteiger partial charge in [-0.25, -0.2) is 0 Å². The van der Waals surface area contributed by atoms with Crippen LogP contribution in [0.15, 0.2) is 54.4 Å². The summed E-state index contributed by atoms with van der Waals surface area (Å²) in [5.74, 6) is -1.85. The molecule has 2 aromatic rings. The molecule has 3 rings (SSSR count). The fourth-order valence-corrected chi connectivity index (χ4v) is 3.67. The van der Waals surface area contributed by atoms with E-state index in [2.05, 4.69) is 6.58 Å². The van der Waals surface area contributed by atoms with Crippen molar-refractivity contribution in [1.29, 1.82) is 0 Å². The van der Waals surface area contributed by atoms with Gasteiger partial charge in [0, 0.05) is 18.0 Å². The second kappa shape index (κ2) is 9.29. The Kier molecular flexibility index (Phi) is 6.56. The van der Waals surface area contributed by atoms with Crippen LogP contribution >= 0.6 is 11.3 Å². The van der Waals surface area contributed by atoms with Crippen LogP contribution in [0.2, 0.25) is 0 Å². The fourth-order valence-electron chi connectivity index (χ4n) is 2.95. The Morgan fingerprint density at radius 2 is 1.79 bits per heavy atom. The molecule has 3 amide bonds. The maximum Gasteiger partial charge on any atom is 0.308 e.